The number of esters is 1. The second-order valence-corrected chi connectivity index (χ2v) is 9.65. The maximum atomic E-state index is 14.3. The Morgan fingerprint density at radius 3 is 2.50 bits per heavy atom. The van der Waals surface area contributed by atoms with Crippen LogP contribution in [0.25, 0.3) is 10.2 Å². The molecule has 2 aromatic carbocycles. The van der Waals surface area contributed by atoms with Crippen molar-refractivity contribution < 1.29 is 27.1 Å². The minimum atomic E-state index is -3.32. The van der Waals surface area contributed by atoms with Crippen molar-refractivity contribution in [3.63, 3.8) is 0 Å². The van der Waals surface area contributed by atoms with Gasteiger partial charge in [-0.3, -0.25) is 9.59 Å². The van der Waals surface area contributed by atoms with Gasteiger partial charge >= 0.3 is 5.97 Å². The summed E-state index contributed by atoms with van der Waals surface area (Å²) in [5, 5.41) is 0. The smallest absolute Gasteiger partial charge is 0.325 e. The SMILES string of the molecule is CCS(=O)(=O)c1ccc(CC(=O)N=c2sc3cccc(F)c3n2CC(=O)OC)cc1. The number of para-hydroxylation sites is 1. The Kier molecular flexibility index (Phi) is 6.47. The third-order valence-corrected chi connectivity index (χ3v) is 7.20. The lowest BCUT2D eigenvalue weighted by molar-refractivity contribution is -0.141. The van der Waals surface area contributed by atoms with Crippen LogP contribution in [0.1, 0.15) is 12.5 Å². The molecule has 0 aliphatic carbocycles. The van der Waals surface area contributed by atoms with Gasteiger partial charge in [-0.05, 0) is 29.8 Å². The average molecular weight is 451 g/mol. The highest BCUT2D eigenvalue weighted by atomic mass is 32.2. The summed E-state index contributed by atoms with van der Waals surface area (Å²) in [5.41, 5.74) is 0.763. The predicted molar refractivity (Wildman–Crippen MR) is 110 cm³/mol. The van der Waals surface area contributed by atoms with Crippen LogP contribution in [0.5, 0.6) is 0 Å². The third-order valence-electron chi connectivity index (χ3n) is 4.40. The van der Waals surface area contributed by atoms with E-state index in [1.165, 1.54) is 35.9 Å². The van der Waals surface area contributed by atoms with Crippen molar-refractivity contribution in [1.82, 2.24) is 4.57 Å². The molecule has 1 aromatic heterocycles. The molecule has 10 heteroatoms. The van der Waals surface area contributed by atoms with Gasteiger partial charge in [-0.25, -0.2) is 12.8 Å². The van der Waals surface area contributed by atoms with E-state index in [0.717, 1.165) is 11.3 Å². The van der Waals surface area contributed by atoms with Crippen molar-refractivity contribution in [2.75, 3.05) is 12.9 Å². The first kappa shape index (κ1) is 21.8. The van der Waals surface area contributed by atoms with Gasteiger partial charge in [0.1, 0.15) is 12.4 Å². The number of carbonyl (C=O) groups is 2. The molecule has 0 spiro atoms. The van der Waals surface area contributed by atoms with Crippen molar-refractivity contribution in [2.24, 2.45) is 4.99 Å². The second kappa shape index (κ2) is 8.88. The number of methoxy groups -OCH3 is 1. The predicted octanol–water partition coefficient (Wildman–Crippen LogP) is 2.48. The molecule has 0 saturated heterocycles. The minimum absolute atomic E-state index is 0.0106. The Labute approximate surface area is 176 Å². The Balaban J connectivity index is 1.94. The van der Waals surface area contributed by atoms with E-state index < -0.39 is 27.5 Å². The number of ether oxygens (including phenoxy) is 1. The summed E-state index contributed by atoms with van der Waals surface area (Å²) in [7, 11) is -2.10. The van der Waals surface area contributed by atoms with Gasteiger partial charge in [0.2, 0.25) is 0 Å². The largest absolute Gasteiger partial charge is 0.468 e. The summed E-state index contributed by atoms with van der Waals surface area (Å²) in [6.07, 6.45) is -0.0681. The normalized spacial score (nSPS) is 12.3. The summed E-state index contributed by atoms with van der Waals surface area (Å²) in [5.74, 6) is -1.65. The van der Waals surface area contributed by atoms with Gasteiger partial charge in [0.25, 0.3) is 5.91 Å². The fourth-order valence-electron chi connectivity index (χ4n) is 2.81. The van der Waals surface area contributed by atoms with Crippen LogP contribution in [0.2, 0.25) is 0 Å². The van der Waals surface area contributed by atoms with E-state index in [4.69, 9.17) is 0 Å². The molecule has 158 valence electrons. The van der Waals surface area contributed by atoms with E-state index in [1.54, 1.807) is 25.1 Å². The summed E-state index contributed by atoms with van der Waals surface area (Å²) in [6, 6.07) is 10.5. The number of nitrogens with zero attached hydrogens (tertiary/aromatic N) is 2. The number of amides is 1. The van der Waals surface area contributed by atoms with Gasteiger partial charge in [-0.2, -0.15) is 4.99 Å². The highest BCUT2D eigenvalue weighted by molar-refractivity contribution is 7.91. The van der Waals surface area contributed by atoms with E-state index in [9.17, 15) is 22.4 Å². The van der Waals surface area contributed by atoms with E-state index >= 15 is 0 Å². The van der Waals surface area contributed by atoms with Crippen LogP contribution in [-0.2, 0) is 37.1 Å². The number of fused-ring (bicyclic) bond motifs is 1. The molecular formula is C20H19FN2O5S2. The lowest BCUT2D eigenvalue weighted by atomic mass is 10.1. The van der Waals surface area contributed by atoms with Crippen LogP contribution in [0, 0.1) is 5.82 Å². The van der Waals surface area contributed by atoms with E-state index in [-0.39, 0.29) is 33.9 Å². The monoisotopic (exact) mass is 450 g/mol. The van der Waals surface area contributed by atoms with Crippen LogP contribution < -0.4 is 4.80 Å². The molecule has 7 nitrogen and oxygen atoms in total. The standard InChI is InChI=1S/C20H19FN2O5S2/c1-3-30(26,27)14-9-7-13(8-10-14)11-17(24)22-20-23(12-18(25)28-2)19-15(21)5-4-6-16(19)29-20/h4-10H,3,11-12H2,1-2H3. The number of hydrogen-bond acceptors (Lipinski definition) is 6. The van der Waals surface area contributed by atoms with Crippen LogP contribution in [-0.4, -0.2) is 37.7 Å². The highest BCUT2D eigenvalue weighted by Gasteiger charge is 2.15. The number of sulfone groups is 1. The number of thiazole rings is 1. The van der Waals surface area contributed by atoms with Gasteiger partial charge in [0, 0.05) is 0 Å². The molecular weight excluding hydrogens is 431 g/mol. The van der Waals surface area contributed by atoms with Crippen molar-refractivity contribution in [1.29, 1.82) is 0 Å². The van der Waals surface area contributed by atoms with Gasteiger partial charge in [-0.15, -0.1) is 0 Å². The average Bonchev–Trinajstić information content (AvgIpc) is 3.06. The fourth-order valence-corrected chi connectivity index (χ4v) is 4.76. The zero-order valence-electron chi connectivity index (χ0n) is 16.3. The maximum absolute atomic E-state index is 14.3. The molecule has 0 N–H and O–H groups in total. The summed E-state index contributed by atoms with van der Waals surface area (Å²) in [4.78, 5) is 28.7. The molecule has 0 aliphatic rings. The molecule has 30 heavy (non-hydrogen) atoms. The van der Waals surface area contributed by atoms with Crippen LogP contribution in [0.3, 0.4) is 0 Å². The molecule has 3 aromatic rings. The number of carbonyl (C=O) groups excluding carboxylic acids is 2. The number of hydrogen-bond donors (Lipinski definition) is 0. The van der Waals surface area contributed by atoms with E-state index in [0.29, 0.717) is 10.3 Å². The third kappa shape index (κ3) is 4.65. The quantitative estimate of drug-likeness (QED) is 0.538. The topological polar surface area (TPSA) is 94.8 Å². The number of halogens is 1. The van der Waals surface area contributed by atoms with Gasteiger partial charge in [0.15, 0.2) is 14.6 Å². The van der Waals surface area contributed by atoms with Crippen molar-refractivity contribution in [3.05, 3.63) is 58.6 Å². The Morgan fingerprint density at radius 2 is 1.87 bits per heavy atom. The number of benzene rings is 2. The Bertz CT molecular complexity index is 1270. The first-order valence-corrected chi connectivity index (χ1v) is 11.5. The molecule has 0 saturated carbocycles. The maximum Gasteiger partial charge on any atom is 0.325 e. The zero-order valence-corrected chi connectivity index (χ0v) is 17.9. The van der Waals surface area contributed by atoms with Gasteiger partial charge in [0.05, 0.1) is 34.4 Å². The lowest BCUT2D eigenvalue weighted by Crippen LogP contribution is -2.23. The van der Waals surface area contributed by atoms with Crippen LogP contribution in [0.4, 0.5) is 4.39 Å². The second-order valence-electron chi connectivity index (χ2n) is 6.36. The van der Waals surface area contributed by atoms with Crippen molar-refractivity contribution >= 4 is 43.3 Å². The van der Waals surface area contributed by atoms with Crippen molar-refractivity contribution in [2.45, 2.75) is 24.8 Å². The molecule has 0 fully saturated rings. The summed E-state index contributed by atoms with van der Waals surface area (Å²) >= 11 is 1.09. The molecule has 3 rings (SSSR count). The van der Waals surface area contributed by atoms with E-state index in [2.05, 4.69) is 9.73 Å². The highest BCUT2D eigenvalue weighted by Crippen LogP contribution is 2.20. The van der Waals surface area contributed by atoms with E-state index in [1.807, 2.05) is 0 Å². The first-order chi connectivity index (χ1) is 14.2. The van der Waals surface area contributed by atoms with Crippen LogP contribution in [0.15, 0.2) is 52.4 Å². The Morgan fingerprint density at radius 1 is 1.17 bits per heavy atom. The fraction of sp³-hybridized carbons (Fsp3) is 0.250. The lowest BCUT2D eigenvalue weighted by Gasteiger charge is -2.04. The number of aromatic nitrogens is 1. The first-order valence-electron chi connectivity index (χ1n) is 8.99. The molecule has 0 unspecified atom stereocenters. The molecule has 0 aliphatic heterocycles. The number of rotatable bonds is 6. The molecule has 0 bridgehead atoms. The molecule has 0 atom stereocenters. The molecule has 1 amide bonds. The molecule has 0 radical (unpaired) electrons. The Hall–Kier alpha value is -2.85. The van der Waals surface area contributed by atoms with Crippen LogP contribution >= 0.6 is 11.3 Å². The zero-order chi connectivity index (χ0) is 21.9. The van der Waals surface area contributed by atoms with Gasteiger partial charge < -0.3 is 9.30 Å². The summed E-state index contributed by atoms with van der Waals surface area (Å²) < 4.78 is 44.6. The molecule has 1 heterocycles. The minimum Gasteiger partial charge on any atom is -0.468 e. The van der Waals surface area contributed by atoms with Gasteiger partial charge in [-0.1, -0.05) is 36.5 Å². The summed E-state index contributed by atoms with van der Waals surface area (Å²) in [6.45, 7) is 1.27. The van der Waals surface area contributed by atoms with Crippen molar-refractivity contribution in [3.8, 4) is 0 Å².